The Kier molecular flexibility index (Phi) is 4.37. The number of amides is 2. The van der Waals surface area contributed by atoms with E-state index < -0.39 is 29.9 Å². The van der Waals surface area contributed by atoms with Crippen LogP contribution in [-0.2, 0) is 4.79 Å². The Labute approximate surface area is 159 Å². The largest absolute Gasteiger partial charge is 0.489 e. The first-order chi connectivity index (χ1) is 13.4. The van der Waals surface area contributed by atoms with Gasteiger partial charge in [-0.25, -0.2) is 13.9 Å². The topological polar surface area (TPSA) is 112 Å². The van der Waals surface area contributed by atoms with Crippen molar-refractivity contribution in [3.8, 4) is 5.75 Å². The zero-order valence-corrected chi connectivity index (χ0v) is 15.5. The van der Waals surface area contributed by atoms with E-state index in [4.69, 9.17) is 10.5 Å². The number of aromatic nitrogens is 3. The van der Waals surface area contributed by atoms with E-state index in [1.807, 2.05) is 13.0 Å². The molecule has 0 radical (unpaired) electrons. The van der Waals surface area contributed by atoms with Crippen molar-refractivity contribution >= 4 is 28.4 Å². The Hall–Kier alpha value is -3.23. The number of nitrogens with two attached hydrogens (primary N) is 1. The Bertz CT molecular complexity index is 1100. The molecule has 2 amide bonds. The normalized spacial score (nSPS) is 22.0. The van der Waals surface area contributed by atoms with Crippen molar-refractivity contribution in [3.05, 3.63) is 35.7 Å². The lowest BCUT2D eigenvalue weighted by Gasteiger charge is -2.19. The number of pyridine rings is 1. The molecular weight excluding hydrogens is 365 g/mol. The third-order valence-corrected chi connectivity index (χ3v) is 5.12. The summed E-state index contributed by atoms with van der Waals surface area (Å²) in [6, 6.07) is 6.58. The average molecular weight is 385 g/mol. The first-order valence-electron chi connectivity index (χ1n) is 9.06. The Morgan fingerprint density at radius 3 is 2.93 bits per heavy atom. The number of alkyl halides is 1. The maximum Gasteiger partial charge on any atom is 0.255 e. The van der Waals surface area contributed by atoms with Crippen LogP contribution < -0.4 is 15.8 Å². The number of halogens is 1. The van der Waals surface area contributed by atoms with Crippen LogP contribution in [0.3, 0.4) is 0 Å². The fourth-order valence-corrected chi connectivity index (χ4v) is 3.75. The number of nitrogens with zero attached hydrogens (tertiary/aromatic N) is 3. The van der Waals surface area contributed by atoms with Crippen LogP contribution in [0.5, 0.6) is 5.75 Å². The van der Waals surface area contributed by atoms with Gasteiger partial charge in [0.15, 0.2) is 11.8 Å². The Morgan fingerprint density at radius 2 is 2.21 bits per heavy atom. The predicted octanol–water partition coefficient (Wildman–Crippen LogP) is 1.53. The van der Waals surface area contributed by atoms with E-state index in [1.54, 1.807) is 25.1 Å². The number of rotatable bonds is 5. The Morgan fingerprint density at radius 1 is 1.43 bits per heavy atom. The molecule has 2 aromatic heterocycles. The lowest BCUT2D eigenvalue weighted by Crippen LogP contribution is -2.34. The summed E-state index contributed by atoms with van der Waals surface area (Å²) in [5, 5.41) is 7.72. The van der Waals surface area contributed by atoms with Crippen molar-refractivity contribution in [2.24, 2.45) is 11.7 Å². The lowest BCUT2D eigenvalue weighted by molar-refractivity contribution is -0.123. The van der Waals surface area contributed by atoms with Crippen LogP contribution in [0.1, 0.15) is 29.5 Å². The second-order valence-corrected chi connectivity index (χ2v) is 6.91. The van der Waals surface area contributed by atoms with Gasteiger partial charge in [-0.3, -0.25) is 9.59 Å². The maximum absolute atomic E-state index is 14.0. The highest BCUT2D eigenvalue weighted by atomic mass is 19.1. The number of ether oxygens (including phenoxy) is 1. The second kappa shape index (κ2) is 6.74. The highest BCUT2D eigenvalue weighted by Gasteiger charge is 2.41. The summed E-state index contributed by atoms with van der Waals surface area (Å²) in [6.07, 6.45) is -0.994. The summed E-state index contributed by atoms with van der Waals surface area (Å²) in [7, 11) is 0. The second-order valence-electron chi connectivity index (χ2n) is 6.91. The van der Waals surface area contributed by atoms with Crippen LogP contribution in [-0.4, -0.2) is 45.2 Å². The number of nitrogens with one attached hydrogen (secondary N) is 1. The number of aryl methyl sites for hydroxylation is 1. The molecule has 28 heavy (non-hydrogen) atoms. The monoisotopic (exact) mass is 385 g/mol. The highest BCUT2D eigenvalue weighted by molar-refractivity contribution is 6.03. The van der Waals surface area contributed by atoms with Crippen LogP contribution in [0, 0.1) is 12.8 Å². The zero-order valence-electron chi connectivity index (χ0n) is 15.5. The summed E-state index contributed by atoms with van der Waals surface area (Å²) in [4.78, 5) is 27.8. The molecule has 8 nitrogen and oxygen atoms in total. The van der Waals surface area contributed by atoms with E-state index in [9.17, 15) is 14.0 Å². The fraction of sp³-hybridized carbons (Fsp3) is 0.368. The van der Waals surface area contributed by atoms with Crippen molar-refractivity contribution in [1.29, 1.82) is 0 Å². The van der Waals surface area contributed by atoms with Crippen LogP contribution in [0.4, 0.5) is 4.39 Å². The van der Waals surface area contributed by atoms with Gasteiger partial charge in [-0.2, -0.15) is 5.10 Å². The summed E-state index contributed by atoms with van der Waals surface area (Å²) < 4.78 is 21.5. The van der Waals surface area contributed by atoms with Crippen molar-refractivity contribution in [1.82, 2.24) is 19.9 Å². The molecule has 3 aromatic rings. The number of hydrogen-bond donors (Lipinski definition) is 2. The number of carbonyl (C=O) groups excluding carboxylic acids is 2. The summed E-state index contributed by atoms with van der Waals surface area (Å²) in [5.41, 5.74) is 6.72. The number of para-hydroxylation sites is 1. The van der Waals surface area contributed by atoms with E-state index in [1.165, 1.54) is 4.52 Å². The molecule has 1 saturated heterocycles. The number of benzene rings is 1. The van der Waals surface area contributed by atoms with Crippen molar-refractivity contribution in [2.75, 3.05) is 6.61 Å². The molecule has 1 aliphatic heterocycles. The molecule has 3 atom stereocenters. The van der Waals surface area contributed by atoms with Crippen LogP contribution in [0.15, 0.2) is 24.3 Å². The molecule has 146 valence electrons. The Balaban J connectivity index is 1.75. The van der Waals surface area contributed by atoms with Gasteiger partial charge in [0, 0.05) is 11.3 Å². The van der Waals surface area contributed by atoms with Gasteiger partial charge in [-0.15, -0.1) is 0 Å². The lowest BCUT2D eigenvalue weighted by atomic mass is 9.97. The molecule has 0 spiro atoms. The van der Waals surface area contributed by atoms with Gasteiger partial charge in [0.2, 0.25) is 0 Å². The maximum atomic E-state index is 14.0. The zero-order chi connectivity index (χ0) is 20.0. The molecule has 0 bridgehead atoms. The summed E-state index contributed by atoms with van der Waals surface area (Å²) in [6.45, 7) is 3.68. The van der Waals surface area contributed by atoms with E-state index in [-0.39, 0.29) is 12.2 Å². The first-order valence-corrected chi connectivity index (χ1v) is 9.06. The fourth-order valence-electron chi connectivity index (χ4n) is 3.75. The molecule has 1 fully saturated rings. The molecule has 0 unspecified atom stereocenters. The standard InChI is InChI=1S/C19H20FN5O3/c1-3-11-13(23-19(27)15(11)20)8-28-14-6-4-5-10-7-12(17(21)26)18-22-9(2)24-25(18)16(10)14/h4-7,11,13,15H,3,8H2,1-2H3,(H2,21,26)(H,23,27)/t11-,13+,15-/m0/s1. The third kappa shape index (κ3) is 2.83. The molecule has 0 aliphatic carbocycles. The van der Waals surface area contributed by atoms with Crippen molar-refractivity contribution < 1.29 is 18.7 Å². The predicted molar refractivity (Wildman–Crippen MR) is 99.9 cm³/mol. The number of hydrogen-bond acceptors (Lipinski definition) is 5. The van der Waals surface area contributed by atoms with Crippen LogP contribution in [0.25, 0.3) is 16.6 Å². The van der Waals surface area contributed by atoms with Crippen molar-refractivity contribution in [3.63, 3.8) is 0 Å². The SMILES string of the molecule is CC[C@@H]1[C@H](F)C(=O)N[C@@H]1COc1cccc2cc(C(N)=O)c3nc(C)nn3c12. The molecule has 4 rings (SSSR count). The molecule has 1 aromatic carbocycles. The number of fused-ring (bicyclic) bond motifs is 3. The minimum atomic E-state index is -1.52. The molecule has 3 heterocycles. The van der Waals surface area contributed by atoms with Gasteiger partial charge < -0.3 is 15.8 Å². The van der Waals surface area contributed by atoms with Crippen LogP contribution >= 0.6 is 0 Å². The van der Waals surface area contributed by atoms with E-state index in [0.717, 1.165) is 0 Å². The molecule has 9 heteroatoms. The smallest absolute Gasteiger partial charge is 0.255 e. The van der Waals surface area contributed by atoms with Crippen LogP contribution in [0.2, 0.25) is 0 Å². The van der Waals surface area contributed by atoms with Crippen molar-refractivity contribution in [2.45, 2.75) is 32.5 Å². The van der Waals surface area contributed by atoms with Gasteiger partial charge in [-0.1, -0.05) is 19.1 Å². The quantitative estimate of drug-likeness (QED) is 0.692. The van der Waals surface area contributed by atoms with Gasteiger partial charge in [0.25, 0.3) is 11.8 Å². The van der Waals surface area contributed by atoms with Gasteiger partial charge in [-0.05, 0) is 25.5 Å². The summed E-state index contributed by atoms with van der Waals surface area (Å²) in [5.74, 6) is -0.649. The minimum Gasteiger partial charge on any atom is -0.489 e. The molecular formula is C19H20FN5O3. The van der Waals surface area contributed by atoms with Gasteiger partial charge in [0.1, 0.15) is 23.7 Å². The average Bonchev–Trinajstić information content (AvgIpc) is 3.18. The van der Waals surface area contributed by atoms with E-state index in [2.05, 4.69) is 15.4 Å². The molecule has 1 aliphatic rings. The van der Waals surface area contributed by atoms with Gasteiger partial charge in [0.05, 0.1) is 11.6 Å². The van der Waals surface area contributed by atoms with E-state index >= 15 is 0 Å². The highest BCUT2D eigenvalue weighted by Crippen LogP contribution is 2.30. The third-order valence-electron chi connectivity index (χ3n) is 5.12. The summed E-state index contributed by atoms with van der Waals surface area (Å²) >= 11 is 0. The minimum absolute atomic E-state index is 0.122. The molecule has 0 saturated carbocycles. The first kappa shape index (κ1) is 18.1. The molecule has 3 N–H and O–H groups in total. The van der Waals surface area contributed by atoms with E-state index in [0.29, 0.717) is 34.5 Å². The number of carbonyl (C=O) groups is 2. The van der Waals surface area contributed by atoms with Gasteiger partial charge >= 0.3 is 0 Å². The number of primary amides is 1.